The van der Waals surface area contributed by atoms with E-state index >= 15 is 0 Å². The summed E-state index contributed by atoms with van der Waals surface area (Å²) in [6.07, 6.45) is 5.39. The first-order chi connectivity index (χ1) is 16.0. The number of fused-ring (bicyclic) bond motifs is 1. The van der Waals surface area contributed by atoms with Gasteiger partial charge in [-0.1, -0.05) is 0 Å². The molecule has 0 spiro atoms. The van der Waals surface area contributed by atoms with Gasteiger partial charge in [0.1, 0.15) is 4.83 Å². The van der Waals surface area contributed by atoms with E-state index in [-0.39, 0.29) is 17.9 Å². The minimum absolute atomic E-state index is 0.00275. The van der Waals surface area contributed by atoms with E-state index in [1.165, 1.54) is 0 Å². The fourth-order valence-corrected chi connectivity index (χ4v) is 6.52. The number of ether oxygens (including phenoxy) is 1. The second-order valence-electron chi connectivity index (χ2n) is 9.85. The van der Waals surface area contributed by atoms with Crippen molar-refractivity contribution < 1.29 is 14.3 Å². The summed E-state index contributed by atoms with van der Waals surface area (Å²) in [5.41, 5.74) is 0.981. The van der Waals surface area contributed by atoms with Gasteiger partial charge in [-0.05, 0) is 58.6 Å². The fraction of sp³-hybridized carbons (Fsp3) is 0.708. The van der Waals surface area contributed by atoms with Crippen LogP contribution in [0.4, 0.5) is 0 Å². The SMILES string of the molecule is Cc1nn(C2CCOCC2)c2sc(C(=O)NC3CCC(C(=O)N4CCN(C)CC4)CC3)cc12. The second-order valence-corrected chi connectivity index (χ2v) is 10.9. The van der Waals surface area contributed by atoms with Crippen molar-refractivity contribution in [1.82, 2.24) is 24.9 Å². The van der Waals surface area contributed by atoms with Gasteiger partial charge in [-0.25, -0.2) is 0 Å². The lowest BCUT2D eigenvalue weighted by Gasteiger charge is -2.36. The number of carbonyl (C=O) groups excluding carboxylic acids is 2. The lowest BCUT2D eigenvalue weighted by atomic mass is 9.85. The molecule has 3 aliphatic rings. The Morgan fingerprint density at radius 2 is 1.76 bits per heavy atom. The summed E-state index contributed by atoms with van der Waals surface area (Å²) >= 11 is 1.54. The number of nitrogens with zero attached hydrogens (tertiary/aromatic N) is 4. The molecule has 33 heavy (non-hydrogen) atoms. The predicted octanol–water partition coefficient (Wildman–Crippen LogP) is 2.82. The third-order valence-corrected chi connectivity index (χ3v) is 8.68. The standard InChI is InChI=1S/C24H35N5O3S/c1-16-20-15-21(33-24(20)29(26-16)19-7-13-32-14-8-19)22(30)25-18-5-3-17(4-6-18)23(31)28-11-9-27(2)10-12-28/h15,17-19H,3-14H2,1-2H3,(H,25,30). The van der Waals surface area contributed by atoms with Crippen LogP contribution in [0.15, 0.2) is 6.07 Å². The molecular weight excluding hydrogens is 438 g/mol. The van der Waals surface area contributed by atoms with Crippen molar-refractivity contribution in [1.29, 1.82) is 0 Å². The molecule has 1 saturated carbocycles. The van der Waals surface area contributed by atoms with Crippen molar-refractivity contribution in [3.05, 3.63) is 16.6 Å². The van der Waals surface area contributed by atoms with Crippen LogP contribution in [0.5, 0.6) is 0 Å². The third kappa shape index (κ3) is 4.81. The summed E-state index contributed by atoms with van der Waals surface area (Å²) in [6, 6.07) is 2.49. The van der Waals surface area contributed by atoms with Crippen LogP contribution in [0.1, 0.15) is 59.9 Å². The number of aromatic nitrogens is 2. The second kappa shape index (κ2) is 9.72. The highest BCUT2D eigenvalue weighted by Crippen LogP contribution is 2.33. The minimum Gasteiger partial charge on any atom is -0.381 e. The van der Waals surface area contributed by atoms with Crippen LogP contribution in [-0.2, 0) is 9.53 Å². The largest absolute Gasteiger partial charge is 0.381 e. The highest BCUT2D eigenvalue weighted by Gasteiger charge is 2.31. The van der Waals surface area contributed by atoms with Gasteiger partial charge in [0, 0.05) is 56.7 Å². The number of hydrogen-bond donors (Lipinski definition) is 1. The molecule has 180 valence electrons. The van der Waals surface area contributed by atoms with E-state index in [0.29, 0.717) is 11.9 Å². The lowest BCUT2D eigenvalue weighted by molar-refractivity contribution is -0.138. The number of amides is 2. The zero-order chi connectivity index (χ0) is 22.9. The average Bonchev–Trinajstić information content (AvgIpc) is 3.41. The first-order valence-electron chi connectivity index (χ1n) is 12.3. The van der Waals surface area contributed by atoms with Crippen LogP contribution in [-0.4, -0.2) is 83.9 Å². The van der Waals surface area contributed by atoms with Crippen LogP contribution in [0, 0.1) is 12.8 Å². The highest BCUT2D eigenvalue weighted by molar-refractivity contribution is 7.20. The molecule has 5 rings (SSSR count). The van der Waals surface area contributed by atoms with Gasteiger partial charge in [0.15, 0.2) is 0 Å². The normalized spacial score (nSPS) is 25.5. The number of likely N-dealkylation sites (N-methyl/N-ethyl adjacent to an activating group) is 1. The van der Waals surface area contributed by atoms with Gasteiger partial charge in [0.2, 0.25) is 5.91 Å². The molecule has 2 saturated heterocycles. The minimum atomic E-state index is 0.00275. The topological polar surface area (TPSA) is 79.7 Å². The van der Waals surface area contributed by atoms with E-state index in [0.717, 1.165) is 98.7 Å². The van der Waals surface area contributed by atoms with Gasteiger partial charge >= 0.3 is 0 Å². The predicted molar refractivity (Wildman–Crippen MR) is 129 cm³/mol. The summed E-state index contributed by atoms with van der Waals surface area (Å²) in [5.74, 6) is 0.424. The summed E-state index contributed by atoms with van der Waals surface area (Å²) in [4.78, 5) is 32.1. The number of carbonyl (C=O) groups is 2. The van der Waals surface area contributed by atoms with Gasteiger partial charge < -0.3 is 19.9 Å². The van der Waals surface area contributed by atoms with Crippen molar-refractivity contribution in [3.8, 4) is 0 Å². The first kappa shape index (κ1) is 22.8. The highest BCUT2D eigenvalue weighted by atomic mass is 32.1. The zero-order valence-electron chi connectivity index (χ0n) is 19.7. The van der Waals surface area contributed by atoms with E-state index in [1.807, 2.05) is 17.9 Å². The van der Waals surface area contributed by atoms with E-state index in [2.05, 4.69) is 21.9 Å². The van der Waals surface area contributed by atoms with Crippen LogP contribution in [0.25, 0.3) is 10.2 Å². The van der Waals surface area contributed by atoms with Crippen LogP contribution in [0.2, 0.25) is 0 Å². The van der Waals surface area contributed by atoms with Gasteiger partial charge in [-0.2, -0.15) is 5.10 Å². The molecule has 3 fully saturated rings. The number of aryl methyl sites for hydroxylation is 1. The Kier molecular flexibility index (Phi) is 6.72. The van der Waals surface area contributed by atoms with E-state index in [9.17, 15) is 9.59 Å². The molecule has 0 radical (unpaired) electrons. The molecule has 9 heteroatoms. The van der Waals surface area contributed by atoms with Gasteiger partial charge in [-0.15, -0.1) is 11.3 Å². The smallest absolute Gasteiger partial charge is 0.261 e. The maximum Gasteiger partial charge on any atom is 0.261 e. The first-order valence-corrected chi connectivity index (χ1v) is 13.2. The summed E-state index contributed by atoms with van der Waals surface area (Å²) in [5, 5.41) is 9.08. The Balaban J connectivity index is 1.18. The molecule has 1 aliphatic carbocycles. The Morgan fingerprint density at radius 1 is 1.06 bits per heavy atom. The number of piperazine rings is 1. The molecule has 8 nitrogen and oxygen atoms in total. The molecule has 2 aromatic rings. The quantitative estimate of drug-likeness (QED) is 0.739. The molecule has 2 aliphatic heterocycles. The average molecular weight is 474 g/mol. The number of nitrogens with one attached hydrogen (secondary N) is 1. The lowest BCUT2D eigenvalue weighted by Crippen LogP contribution is -2.50. The molecule has 0 bridgehead atoms. The number of rotatable bonds is 4. The van der Waals surface area contributed by atoms with Gasteiger partial charge in [0.25, 0.3) is 5.91 Å². The maximum atomic E-state index is 13.0. The summed E-state index contributed by atoms with van der Waals surface area (Å²) < 4.78 is 7.62. The van der Waals surface area contributed by atoms with Crippen LogP contribution >= 0.6 is 11.3 Å². The van der Waals surface area contributed by atoms with Crippen molar-refractivity contribution in [3.63, 3.8) is 0 Å². The van der Waals surface area contributed by atoms with Crippen molar-refractivity contribution in [2.24, 2.45) is 5.92 Å². The maximum absolute atomic E-state index is 13.0. The third-order valence-electron chi connectivity index (χ3n) is 7.56. The van der Waals surface area contributed by atoms with Crippen LogP contribution in [0.3, 0.4) is 0 Å². The monoisotopic (exact) mass is 473 g/mol. The Hall–Kier alpha value is -1.97. The van der Waals surface area contributed by atoms with E-state index < -0.39 is 0 Å². The Bertz CT molecular complexity index is 995. The fourth-order valence-electron chi connectivity index (χ4n) is 5.39. The molecule has 4 heterocycles. The van der Waals surface area contributed by atoms with E-state index in [1.54, 1.807) is 11.3 Å². The number of thiophene rings is 1. The van der Waals surface area contributed by atoms with Crippen molar-refractivity contribution >= 4 is 33.4 Å². The van der Waals surface area contributed by atoms with Crippen LogP contribution < -0.4 is 5.32 Å². The Morgan fingerprint density at radius 3 is 2.45 bits per heavy atom. The molecule has 2 aromatic heterocycles. The van der Waals surface area contributed by atoms with Gasteiger partial charge in [0.05, 0.1) is 16.6 Å². The van der Waals surface area contributed by atoms with Gasteiger partial charge in [-0.3, -0.25) is 14.3 Å². The summed E-state index contributed by atoms with van der Waals surface area (Å²) in [6.45, 7) is 7.14. The molecule has 2 amide bonds. The molecule has 0 unspecified atom stereocenters. The van der Waals surface area contributed by atoms with Crippen molar-refractivity contribution in [2.45, 2.75) is 57.5 Å². The molecule has 0 atom stereocenters. The Labute approximate surface area is 199 Å². The molecule has 0 aromatic carbocycles. The van der Waals surface area contributed by atoms with Crippen molar-refractivity contribution in [2.75, 3.05) is 46.4 Å². The zero-order valence-corrected chi connectivity index (χ0v) is 20.5. The molecule has 1 N–H and O–H groups in total. The molecular formula is C24H35N5O3S. The number of hydrogen-bond acceptors (Lipinski definition) is 6. The van der Waals surface area contributed by atoms with E-state index in [4.69, 9.17) is 9.84 Å². The summed E-state index contributed by atoms with van der Waals surface area (Å²) in [7, 11) is 2.11.